The molecule has 2 N–H and O–H groups in total. The van der Waals surface area contributed by atoms with Gasteiger partial charge in [-0.2, -0.15) is 4.68 Å². The van der Waals surface area contributed by atoms with E-state index in [-0.39, 0.29) is 5.82 Å². The quantitative estimate of drug-likeness (QED) is 0.734. The lowest BCUT2D eigenvalue weighted by Crippen LogP contribution is -2.03. The zero-order chi connectivity index (χ0) is 15.0. The second kappa shape index (κ2) is 4.97. The van der Waals surface area contributed by atoms with Crippen molar-refractivity contribution in [3.05, 3.63) is 53.3 Å². The van der Waals surface area contributed by atoms with Crippen molar-refractivity contribution in [2.45, 2.75) is 13.8 Å². The topological polar surface area (TPSA) is 69.6 Å². The Morgan fingerprint density at radius 3 is 2.67 bits per heavy atom. The molecule has 0 bridgehead atoms. The monoisotopic (exact) mass is 283 g/mol. The van der Waals surface area contributed by atoms with E-state index in [0.717, 1.165) is 16.7 Å². The molecule has 0 spiro atoms. The molecule has 0 saturated carbocycles. The van der Waals surface area contributed by atoms with Gasteiger partial charge in [0.25, 0.3) is 0 Å². The molecule has 0 fully saturated rings. The molecule has 3 aromatic rings. The number of benzene rings is 2. The van der Waals surface area contributed by atoms with Gasteiger partial charge in [-0.15, -0.1) is 5.10 Å². The first kappa shape index (κ1) is 13.2. The Bertz CT molecular complexity index is 810. The minimum Gasteiger partial charge on any atom is -0.398 e. The predicted molar refractivity (Wildman–Crippen MR) is 78.4 cm³/mol. The van der Waals surface area contributed by atoms with Gasteiger partial charge in [0.05, 0.1) is 0 Å². The van der Waals surface area contributed by atoms with Crippen LogP contribution in [0, 0.1) is 19.7 Å². The van der Waals surface area contributed by atoms with Crippen molar-refractivity contribution in [2.75, 3.05) is 5.73 Å². The molecule has 5 nitrogen and oxygen atoms in total. The molecule has 0 aliphatic carbocycles. The van der Waals surface area contributed by atoms with Crippen LogP contribution in [-0.4, -0.2) is 20.2 Å². The average Bonchev–Trinajstić information content (AvgIpc) is 2.93. The predicted octanol–water partition coefficient (Wildman–Crippen LogP) is 2.67. The van der Waals surface area contributed by atoms with Gasteiger partial charge in [0.1, 0.15) is 11.5 Å². The molecule has 0 unspecified atom stereocenters. The highest BCUT2D eigenvalue weighted by Crippen LogP contribution is 2.24. The Balaban J connectivity index is 2.17. The molecule has 2 aromatic carbocycles. The lowest BCUT2D eigenvalue weighted by Gasteiger charge is -2.08. The van der Waals surface area contributed by atoms with Crippen molar-refractivity contribution in [2.24, 2.45) is 0 Å². The zero-order valence-corrected chi connectivity index (χ0v) is 11.7. The Labute approximate surface area is 121 Å². The van der Waals surface area contributed by atoms with Crippen LogP contribution in [0.2, 0.25) is 0 Å². The van der Waals surface area contributed by atoms with Gasteiger partial charge >= 0.3 is 0 Å². The van der Waals surface area contributed by atoms with Crippen LogP contribution in [0.5, 0.6) is 0 Å². The third-order valence-electron chi connectivity index (χ3n) is 3.34. The van der Waals surface area contributed by atoms with Crippen LogP contribution in [0.15, 0.2) is 36.4 Å². The molecule has 0 saturated heterocycles. The summed E-state index contributed by atoms with van der Waals surface area (Å²) in [6.07, 6.45) is 0. The highest BCUT2D eigenvalue weighted by atomic mass is 19.1. The summed E-state index contributed by atoms with van der Waals surface area (Å²) in [7, 11) is 0. The summed E-state index contributed by atoms with van der Waals surface area (Å²) in [6.45, 7) is 3.80. The lowest BCUT2D eigenvalue weighted by molar-refractivity contribution is 0.607. The van der Waals surface area contributed by atoms with Crippen LogP contribution < -0.4 is 5.73 Å². The maximum atomic E-state index is 14.0. The third-order valence-corrected chi connectivity index (χ3v) is 3.34. The van der Waals surface area contributed by atoms with E-state index in [2.05, 4.69) is 15.5 Å². The number of hydrogen-bond donors (Lipinski definition) is 1. The van der Waals surface area contributed by atoms with Gasteiger partial charge < -0.3 is 5.73 Å². The number of aryl methyl sites for hydroxylation is 2. The molecule has 0 aliphatic heterocycles. The molecule has 0 radical (unpaired) electrons. The number of anilines is 1. The minimum absolute atomic E-state index is 0.314. The number of nitrogens with two attached hydrogens (primary N) is 1. The summed E-state index contributed by atoms with van der Waals surface area (Å²) >= 11 is 0. The number of aromatic nitrogens is 4. The van der Waals surface area contributed by atoms with Crippen molar-refractivity contribution in [3.8, 4) is 17.1 Å². The van der Waals surface area contributed by atoms with Crippen molar-refractivity contribution < 1.29 is 4.39 Å². The highest BCUT2D eigenvalue weighted by molar-refractivity contribution is 5.64. The average molecular weight is 283 g/mol. The molecular formula is C15H14FN5. The van der Waals surface area contributed by atoms with Crippen LogP contribution >= 0.6 is 0 Å². The van der Waals surface area contributed by atoms with E-state index in [1.165, 1.54) is 10.7 Å². The van der Waals surface area contributed by atoms with Gasteiger partial charge in [0.15, 0.2) is 5.82 Å². The van der Waals surface area contributed by atoms with E-state index in [4.69, 9.17) is 5.73 Å². The van der Waals surface area contributed by atoms with Crippen molar-refractivity contribution in [3.63, 3.8) is 0 Å². The molecule has 0 atom stereocenters. The van der Waals surface area contributed by atoms with Gasteiger partial charge in [0.2, 0.25) is 0 Å². The molecule has 1 aromatic heterocycles. The molecular weight excluding hydrogens is 269 g/mol. The van der Waals surface area contributed by atoms with E-state index in [1.807, 2.05) is 26.0 Å². The summed E-state index contributed by atoms with van der Waals surface area (Å²) in [4.78, 5) is 0. The molecule has 0 aliphatic rings. The van der Waals surface area contributed by atoms with Crippen molar-refractivity contribution >= 4 is 5.69 Å². The Kier molecular flexibility index (Phi) is 3.13. The SMILES string of the molecule is Cc1ccc(F)c(-n2nnnc2-c2ccc(C)c(N)c2)c1. The zero-order valence-electron chi connectivity index (χ0n) is 11.7. The van der Waals surface area contributed by atoms with Crippen LogP contribution in [0.1, 0.15) is 11.1 Å². The van der Waals surface area contributed by atoms with Crippen LogP contribution in [0.3, 0.4) is 0 Å². The fourth-order valence-corrected chi connectivity index (χ4v) is 2.09. The number of rotatable bonds is 2. The van der Waals surface area contributed by atoms with Crippen molar-refractivity contribution in [1.82, 2.24) is 20.2 Å². The lowest BCUT2D eigenvalue weighted by atomic mass is 10.1. The van der Waals surface area contributed by atoms with E-state index < -0.39 is 0 Å². The number of nitrogen functional groups attached to an aromatic ring is 1. The first-order valence-electron chi connectivity index (χ1n) is 6.47. The number of tetrazole rings is 1. The van der Waals surface area contributed by atoms with E-state index >= 15 is 0 Å². The van der Waals surface area contributed by atoms with Gasteiger partial charge in [-0.05, 0) is 53.6 Å². The summed E-state index contributed by atoms with van der Waals surface area (Å²) in [5.74, 6) is 0.0698. The van der Waals surface area contributed by atoms with Crippen LogP contribution in [0.25, 0.3) is 17.1 Å². The smallest absolute Gasteiger partial charge is 0.187 e. The summed E-state index contributed by atoms with van der Waals surface area (Å²) in [5.41, 5.74) is 9.52. The summed E-state index contributed by atoms with van der Waals surface area (Å²) < 4.78 is 15.4. The second-order valence-electron chi connectivity index (χ2n) is 4.94. The molecule has 6 heteroatoms. The third kappa shape index (κ3) is 2.35. The summed E-state index contributed by atoms with van der Waals surface area (Å²) in [5, 5.41) is 11.5. The standard InChI is InChI=1S/C15H14FN5/c1-9-3-6-12(16)14(7-9)21-15(18-19-20-21)11-5-4-10(2)13(17)8-11/h3-8H,17H2,1-2H3. The second-order valence-corrected chi connectivity index (χ2v) is 4.94. The largest absolute Gasteiger partial charge is 0.398 e. The fourth-order valence-electron chi connectivity index (χ4n) is 2.09. The fraction of sp³-hybridized carbons (Fsp3) is 0.133. The molecule has 21 heavy (non-hydrogen) atoms. The van der Waals surface area contributed by atoms with Gasteiger partial charge in [-0.25, -0.2) is 4.39 Å². The Hall–Kier alpha value is -2.76. The maximum absolute atomic E-state index is 14.0. The first-order valence-corrected chi connectivity index (χ1v) is 6.47. The van der Waals surface area contributed by atoms with Gasteiger partial charge in [-0.1, -0.05) is 18.2 Å². The Morgan fingerprint density at radius 1 is 1.10 bits per heavy atom. The normalized spacial score (nSPS) is 10.8. The Morgan fingerprint density at radius 2 is 1.90 bits per heavy atom. The van der Waals surface area contributed by atoms with E-state index in [9.17, 15) is 4.39 Å². The number of nitrogens with zero attached hydrogens (tertiary/aromatic N) is 4. The first-order chi connectivity index (χ1) is 10.1. The number of hydrogen-bond acceptors (Lipinski definition) is 4. The van der Waals surface area contributed by atoms with Crippen LogP contribution in [0.4, 0.5) is 10.1 Å². The van der Waals surface area contributed by atoms with E-state index in [0.29, 0.717) is 17.2 Å². The summed E-state index contributed by atoms with van der Waals surface area (Å²) in [6, 6.07) is 10.3. The highest BCUT2D eigenvalue weighted by Gasteiger charge is 2.14. The number of halogens is 1. The van der Waals surface area contributed by atoms with E-state index in [1.54, 1.807) is 18.2 Å². The van der Waals surface area contributed by atoms with Gasteiger partial charge in [0, 0.05) is 11.3 Å². The molecule has 0 amide bonds. The van der Waals surface area contributed by atoms with Gasteiger partial charge in [-0.3, -0.25) is 0 Å². The maximum Gasteiger partial charge on any atom is 0.187 e. The molecule has 106 valence electrons. The molecule has 3 rings (SSSR count). The van der Waals surface area contributed by atoms with Crippen LogP contribution in [-0.2, 0) is 0 Å². The molecule has 1 heterocycles. The van der Waals surface area contributed by atoms with Crippen molar-refractivity contribution in [1.29, 1.82) is 0 Å². The minimum atomic E-state index is -0.380.